The van der Waals surface area contributed by atoms with E-state index in [-0.39, 0.29) is 0 Å². The molecule has 1 atom stereocenters. The van der Waals surface area contributed by atoms with E-state index in [2.05, 4.69) is 47.3 Å². The van der Waals surface area contributed by atoms with Crippen LogP contribution in [0.2, 0.25) is 0 Å². The first-order valence-corrected chi connectivity index (χ1v) is 7.78. The smallest absolute Gasteiger partial charge is 0.137 e. The summed E-state index contributed by atoms with van der Waals surface area (Å²) in [6, 6.07) is 13.1. The second-order valence-corrected chi connectivity index (χ2v) is 6.09. The van der Waals surface area contributed by atoms with Gasteiger partial charge in [-0.05, 0) is 37.1 Å². The van der Waals surface area contributed by atoms with Crippen LogP contribution < -0.4 is 10.6 Å². The Morgan fingerprint density at radius 1 is 1.18 bits per heavy atom. The van der Waals surface area contributed by atoms with Crippen molar-refractivity contribution < 1.29 is 0 Å². The SMILES string of the molecule is CC1Cc2ccccc2N1CCc1cn2cc(N)ccc2n1. The summed E-state index contributed by atoms with van der Waals surface area (Å²) in [5.41, 5.74) is 11.5. The van der Waals surface area contributed by atoms with Gasteiger partial charge >= 0.3 is 0 Å². The molecule has 0 radical (unpaired) electrons. The van der Waals surface area contributed by atoms with Crippen LogP contribution in [-0.4, -0.2) is 22.0 Å². The number of aromatic nitrogens is 2. The average molecular weight is 292 g/mol. The van der Waals surface area contributed by atoms with Crippen LogP contribution >= 0.6 is 0 Å². The minimum atomic E-state index is 0.560. The summed E-state index contributed by atoms with van der Waals surface area (Å²) in [5, 5.41) is 0. The Bertz CT molecular complexity index is 821. The molecule has 2 aromatic heterocycles. The van der Waals surface area contributed by atoms with Crippen LogP contribution in [0, 0.1) is 0 Å². The van der Waals surface area contributed by atoms with Crippen molar-refractivity contribution in [2.75, 3.05) is 17.2 Å². The molecule has 4 nitrogen and oxygen atoms in total. The van der Waals surface area contributed by atoms with Crippen LogP contribution in [-0.2, 0) is 12.8 Å². The molecule has 0 aliphatic carbocycles. The van der Waals surface area contributed by atoms with Crippen LogP contribution in [0.25, 0.3) is 5.65 Å². The number of hydrogen-bond acceptors (Lipinski definition) is 3. The van der Waals surface area contributed by atoms with Gasteiger partial charge in [0.1, 0.15) is 5.65 Å². The summed E-state index contributed by atoms with van der Waals surface area (Å²) < 4.78 is 2.01. The first-order chi connectivity index (χ1) is 10.7. The van der Waals surface area contributed by atoms with Gasteiger partial charge in [0.05, 0.1) is 5.69 Å². The van der Waals surface area contributed by atoms with Crippen molar-refractivity contribution in [3.8, 4) is 0 Å². The quantitative estimate of drug-likeness (QED) is 0.807. The number of nitrogens with zero attached hydrogens (tertiary/aromatic N) is 3. The normalized spacial score (nSPS) is 17.1. The zero-order chi connectivity index (χ0) is 15.1. The molecular formula is C18H20N4. The molecule has 1 aliphatic rings. The second kappa shape index (κ2) is 5.05. The second-order valence-electron chi connectivity index (χ2n) is 6.09. The van der Waals surface area contributed by atoms with Crippen LogP contribution in [0.15, 0.2) is 48.8 Å². The van der Waals surface area contributed by atoms with Gasteiger partial charge in [0, 0.05) is 42.8 Å². The largest absolute Gasteiger partial charge is 0.398 e. The van der Waals surface area contributed by atoms with Gasteiger partial charge in [-0.25, -0.2) is 4.98 Å². The van der Waals surface area contributed by atoms with Gasteiger partial charge in [-0.15, -0.1) is 0 Å². The lowest BCUT2D eigenvalue weighted by Gasteiger charge is -2.24. The van der Waals surface area contributed by atoms with Gasteiger partial charge in [0.25, 0.3) is 0 Å². The first-order valence-electron chi connectivity index (χ1n) is 7.78. The number of nitrogen functional groups attached to an aromatic ring is 1. The van der Waals surface area contributed by atoms with Crippen molar-refractivity contribution in [1.82, 2.24) is 9.38 Å². The standard InChI is InChI=1S/C18H20N4/c1-13-10-14-4-2-3-5-17(14)22(13)9-8-16-12-21-11-15(19)6-7-18(21)20-16/h2-7,11-13H,8-10,19H2,1H3. The summed E-state index contributed by atoms with van der Waals surface area (Å²) in [6.45, 7) is 3.29. The highest BCUT2D eigenvalue weighted by atomic mass is 15.2. The van der Waals surface area contributed by atoms with Crippen LogP contribution in [0.5, 0.6) is 0 Å². The molecule has 112 valence electrons. The topological polar surface area (TPSA) is 46.6 Å². The van der Waals surface area contributed by atoms with Crippen molar-refractivity contribution in [1.29, 1.82) is 0 Å². The fraction of sp³-hybridized carbons (Fsp3) is 0.278. The molecule has 0 bridgehead atoms. The van der Waals surface area contributed by atoms with Crippen molar-refractivity contribution in [3.05, 3.63) is 60.0 Å². The average Bonchev–Trinajstić information content (AvgIpc) is 3.04. The van der Waals surface area contributed by atoms with Gasteiger partial charge in [-0.2, -0.15) is 0 Å². The third-order valence-corrected chi connectivity index (χ3v) is 4.48. The molecule has 22 heavy (non-hydrogen) atoms. The predicted octanol–water partition coefficient (Wildman–Crippen LogP) is 2.91. The van der Waals surface area contributed by atoms with E-state index in [4.69, 9.17) is 5.73 Å². The maximum Gasteiger partial charge on any atom is 0.137 e. The van der Waals surface area contributed by atoms with Crippen molar-refractivity contribution in [2.45, 2.75) is 25.8 Å². The number of imidazole rings is 1. The molecule has 0 saturated heterocycles. The number of para-hydroxylation sites is 1. The lowest BCUT2D eigenvalue weighted by atomic mass is 10.1. The number of anilines is 2. The lowest BCUT2D eigenvalue weighted by Crippen LogP contribution is -2.31. The summed E-state index contributed by atoms with van der Waals surface area (Å²) in [7, 11) is 0. The first kappa shape index (κ1) is 13.2. The molecule has 0 amide bonds. The molecular weight excluding hydrogens is 272 g/mol. The Morgan fingerprint density at radius 2 is 2.05 bits per heavy atom. The minimum Gasteiger partial charge on any atom is -0.398 e. The molecule has 3 heterocycles. The number of rotatable bonds is 3. The molecule has 4 rings (SSSR count). The van der Waals surface area contributed by atoms with E-state index in [9.17, 15) is 0 Å². The van der Waals surface area contributed by atoms with E-state index >= 15 is 0 Å². The summed E-state index contributed by atoms with van der Waals surface area (Å²) >= 11 is 0. The zero-order valence-corrected chi connectivity index (χ0v) is 12.7. The van der Waals surface area contributed by atoms with E-state index in [0.29, 0.717) is 6.04 Å². The highest BCUT2D eigenvalue weighted by molar-refractivity contribution is 5.59. The number of nitrogens with two attached hydrogens (primary N) is 1. The van der Waals surface area contributed by atoms with Gasteiger partial charge < -0.3 is 15.0 Å². The van der Waals surface area contributed by atoms with Gasteiger partial charge in [-0.1, -0.05) is 18.2 Å². The van der Waals surface area contributed by atoms with E-state index in [1.165, 1.54) is 11.3 Å². The predicted molar refractivity (Wildman–Crippen MR) is 90.3 cm³/mol. The van der Waals surface area contributed by atoms with Crippen LogP contribution in [0.4, 0.5) is 11.4 Å². The Labute approximate surface area is 130 Å². The van der Waals surface area contributed by atoms with Gasteiger partial charge in [0.2, 0.25) is 0 Å². The Morgan fingerprint density at radius 3 is 2.95 bits per heavy atom. The maximum atomic E-state index is 5.82. The summed E-state index contributed by atoms with van der Waals surface area (Å²) in [6.07, 6.45) is 6.08. The molecule has 1 aromatic carbocycles. The van der Waals surface area contributed by atoms with Crippen molar-refractivity contribution >= 4 is 17.0 Å². The molecule has 4 heteroatoms. The number of hydrogen-bond donors (Lipinski definition) is 1. The maximum absolute atomic E-state index is 5.82. The van der Waals surface area contributed by atoms with Gasteiger partial charge in [0.15, 0.2) is 0 Å². The summed E-state index contributed by atoms with van der Waals surface area (Å²) in [5.74, 6) is 0. The Kier molecular flexibility index (Phi) is 3.03. The molecule has 0 spiro atoms. The minimum absolute atomic E-state index is 0.560. The van der Waals surface area contributed by atoms with Gasteiger partial charge in [-0.3, -0.25) is 0 Å². The number of benzene rings is 1. The highest BCUT2D eigenvalue weighted by Crippen LogP contribution is 2.31. The van der Waals surface area contributed by atoms with E-state index < -0.39 is 0 Å². The van der Waals surface area contributed by atoms with Crippen LogP contribution in [0.1, 0.15) is 18.2 Å². The lowest BCUT2D eigenvalue weighted by molar-refractivity contribution is 0.667. The van der Waals surface area contributed by atoms with Crippen LogP contribution in [0.3, 0.4) is 0 Å². The van der Waals surface area contributed by atoms with E-state index in [1.54, 1.807) is 0 Å². The number of fused-ring (bicyclic) bond motifs is 2. The Hall–Kier alpha value is -2.49. The zero-order valence-electron chi connectivity index (χ0n) is 12.7. The summed E-state index contributed by atoms with van der Waals surface area (Å²) in [4.78, 5) is 7.17. The van der Waals surface area contributed by atoms with Crippen molar-refractivity contribution in [3.63, 3.8) is 0 Å². The van der Waals surface area contributed by atoms with Crippen molar-refractivity contribution in [2.24, 2.45) is 0 Å². The Balaban J connectivity index is 1.54. The molecule has 0 saturated carbocycles. The fourth-order valence-corrected chi connectivity index (χ4v) is 3.39. The molecule has 1 unspecified atom stereocenters. The van der Waals surface area contributed by atoms with E-state index in [1.807, 2.05) is 22.7 Å². The monoisotopic (exact) mass is 292 g/mol. The molecule has 2 N–H and O–H groups in total. The highest BCUT2D eigenvalue weighted by Gasteiger charge is 2.25. The number of pyridine rings is 1. The fourth-order valence-electron chi connectivity index (χ4n) is 3.39. The molecule has 0 fully saturated rings. The molecule has 1 aliphatic heterocycles. The third kappa shape index (κ3) is 2.21. The molecule has 3 aromatic rings. The third-order valence-electron chi connectivity index (χ3n) is 4.48. The van der Waals surface area contributed by atoms with E-state index in [0.717, 1.165) is 36.4 Å².